The second-order valence-electron chi connectivity index (χ2n) is 3.77. The number of aromatic nitrogens is 3. The molecule has 1 N–H and O–H groups in total. The lowest BCUT2D eigenvalue weighted by Gasteiger charge is -2.08. The Labute approximate surface area is 111 Å². The van der Waals surface area contributed by atoms with Crippen LogP contribution < -0.4 is 5.32 Å². The van der Waals surface area contributed by atoms with Crippen LogP contribution in [0.3, 0.4) is 0 Å². The first-order valence-electron chi connectivity index (χ1n) is 6.11. The molecule has 0 bridgehead atoms. The molecule has 2 rings (SSSR count). The fourth-order valence-corrected chi connectivity index (χ4v) is 2.19. The molecular weight excluding hydrogens is 248 g/mol. The van der Waals surface area contributed by atoms with Crippen molar-refractivity contribution >= 4 is 17.3 Å². The van der Waals surface area contributed by atoms with E-state index in [4.69, 9.17) is 4.74 Å². The third kappa shape index (κ3) is 3.82. The van der Waals surface area contributed by atoms with E-state index in [0.29, 0.717) is 0 Å². The molecule has 0 amide bonds. The predicted octanol–water partition coefficient (Wildman–Crippen LogP) is 2.38. The van der Waals surface area contributed by atoms with Gasteiger partial charge in [0.15, 0.2) is 0 Å². The first-order chi connectivity index (χ1) is 8.90. The molecule has 0 fully saturated rings. The Balaban J connectivity index is 1.79. The van der Waals surface area contributed by atoms with Gasteiger partial charge in [0.2, 0.25) is 5.95 Å². The number of hydrogen-bond donors (Lipinski definition) is 1. The zero-order chi connectivity index (χ0) is 12.6. The van der Waals surface area contributed by atoms with Gasteiger partial charge in [-0.1, -0.05) is 0 Å². The molecule has 0 saturated carbocycles. The molecule has 0 aromatic carbocycles. The second-order valence-corrected chi connectivity index (χ2v) is 4.75. The normalized spacial score (nSPS) is 10.7. The van der Waals surface area contributed by atoms with Crippen molar-refractivity contribution in [2.75, 3.05) is 18.5 Å². The van der Waals surface area contributed by atoms with Gasteiger partial charge in [-0.15, -0.1) is 11.3 Å². The topological polar surface area (TPSA) is 52.0 Å². The summed E-state index contributed by atoms with van der Waals surface area (Å²) >= 11 is 1.64. The molecule has 0 radical (unpaired) electrons. The van der Waals surface area contributed by atoms with Crippen LogP contribution in [0.5, 0.6) is 0 Å². The number of imidazole rings is 1. The smallest absolute Gasteiger partial charge is 0.203 e. The van der Waals surface area contributed by atoms with Crippen molar-refractivity contribution in [1.29, 1.82) is 0 Å². The van der Waals surface area contributed by atoms with E-state index in [9.17, 15) is 0 Å². The zero-order valence-corrected chi connectivity index (χ0v) is 11.3. The van der Waals surface area contributed by atoms with Crippen LogP contribution in [0, 0.1) is 0 Å². The van der Waals surface area contributed by atoms with Gasteiger partial charge in [-0.25, -0.2) is 9.97 Å². The van der Waals surface area contributed by atoms with Crippen LogP contribution in [0.25, 0.3) is 0 Å². The van der Waals surface area contributed by atoms with Gasteiger partial charge in [0.05, 0.1) is 6.54 Å². The van der Waals surface area contributed by atoms with Gasteiger partial charge in [0, 0.05) is 43.7 Å². The molecule has 18 heavy (non-hydrogen) atoms. The van der Waals surface area contributed by atoms with Crippen LogP contribution in [-0.4, -0.2) is 27.7 Å². The highest BCUT2D eigenvalue weighted by molar-refractivity contribution is 7.09. The van der Waals surface area contributed by atoms with Crippen LogP contribution in [0.4, 0.5) is 5.95 Å². The number of nitrogens with one attached hydrogen (secondary N) is 1. The number of hydrogen-bond acceptors (Lipinski definition) is 5. The van der Waals surface area contributed by atoms with Crippen molar-refractivity contribution in [2.45, 2.75) is 26.4 Å². The maximum atomic E-state index is 5.33. The fraction of sp³-hybridized carbons (Fsp3) is 0.500. The van der Waals surface area contributed by atoms with Crippen molar-refractivity contribution < 1.29 is 4.74 Å². The van der Waals surface area contributed by atoms with Crippen LogP contribution in [0.2, 0.25) is 0 Å². The maximum Gasteiger partial charge on any atom is 0.203 e. The van der Waals surface area contributed by atoms with E-state index in [1.54, 1.807) is 11.3 Å². The van der Waals surface area contributed by atoms with Crippen LogP contribution in [0.1, 0.15) is 18.4 Å². The van der Waals surface area contributed by atoms with E-state index in [0.717, 1.165) is 43.7 Å². The molecule has 5 nitrogen and oxygen atoms in total. The number of ether oxygens (including phenoxy) is 1. The lowest BCUT2D eigenvalue weighted by atomic mass is 10.4. The summed E-state index contributed by atoms with van der Waals surface area (Å²) in [5, 5.41) is 6.34. The molecule has 2 heterocycles. The lowest BCUT2D eigenvalue weighted by molar-refractivity contribution is 0.142. The summed E-state index contributed by atoms with van der Waals surface area (Å²) in [4.78, 5) is 8.53. The average molecular weight is 266 g/mol. The predicted molar refractivity (Wildman–Crippen MR) is 72.8 cm³/mol. The molecule has 2 aromatic heterocycles. The molecule has 0 aliphatic carbocycles. The molecular formula is C12H18N4OS. The van der Waals surface area contributed by atoms with Crippen molar-refractivity contribution in [3.05, 3.63) is 29.0 Å². The maximum absolute atomic E-state index is 5.33. The van der Waals surface area contributed by atoms with Crippen LogP contribution in [0.15, 0.2) is 24.0 Å². The van der Waals surface area contributed by atoms with E-state index in [1.807, 2.05) is 30.9 Å². The lowest BCUT2D eigenvalue weighted by Crippen LogP contribution is -2.08. The summed E-state index contributed by atoms with van der Waals surface area (Å²) in [5.41, 5.74) is 0. The Morgan fingerprint density at radius 2 is 2.33 bits per heavy atom. The number of thiazole rings is 1. The average Bonchev–Trinajstić information content (AvgIpc) is 3.03. The number of aryl methyl sites for hydroxylation is 1. The highest BCUT2D eigenvalue weighted by Gasteiger charge is 2.03. The van der Waals surface area contributed by atoms with E-state index < -0.39 is 0 Å². The largest absolute Gasteiger partial charge is 0.382 e. The first-order valence-corrected chi connectivity index (χ1v) is 6.99. The fourth-order valence-electron chi connectivity index (χ4n) is 1.63. The van der Waals surface area contributed by atoms with E-state index in [-0.39, 0.29) is 0 Å². The summed E-state index contributed by atoms with van der Waals surface area (Å²) in [6.07, 6.45) is 6.60. The minimum atomic E-state index is 0.722. The van der Waals surface area contributed by atoms with Gasteiger partial charge in [0.1, 0.15) is 5.01 Å². The van der Waals surface area contributed by atoms with Crippen molar-refractivity contribution in [1.82, 2.24) is 14.5 Å². The number of rotatable bonds is 8. The summed E-state index contributed by atoms with van der Waals surface area (Å²) < 4.78 is 7.43. The highest BCUT2D eigenvalue weighted by atomic mass is 32.1. The van der Waals surface area contributed by atoms with Crippen LogP contribution in [-0.2, 0) is 17.8 Å². The van der Waals surface area contributed by atoms with E-state index in [2.05, 4.69) is 19.9 Å². The molecule has 0 saturated heterocycles. The Morgan fingerprint density at radius 1 is 1.39 bits per heavy atom. The SMILES string of the molecule is CCOCCCn1ccnc1NCc1nccs1. The van der Waals surface area contributed by atoms with Gasteiger partial charge in [-0.05, 0) is 13.3 Å². The van der Waals surface area contributed by atoms with Crippen molar-refractivity contribution in [3.63, 3.8) is 0 Å². The third-order valence-electron chi connectivity index (χ3n) is 2.49. The quantitative estimate of drug-likeness (QED) is 0.745. The molecule has 0 aliphatic rings. The van der Waals surface area contributed by atoms with Crippen LogP contribution >= 0.6 is 11.3 Å². The summed E-state index contributed by atoms with van der Waals surface area (Å²) in [6, 6.07) is 0. The molecule has 0 unspecified atom stereocenters. The van der Waals surface area contributed by atoms with E-state index >= 15 is 0 Å². The molecule has 2 aromatic rings. The molecule has 98 valence electrons. The molecule has 0 aliphatic heterocycles. The minimum absolute atomic E-state index is 0.722. The Kier molecular flexibility index (Phi) is 5.16. The number of nitrogens with zero attached hydrogens (tertiary/aromatic N) is 3. The summed E-state index contributed by atoms with van der Waals surface area (Å²) in [5.74, 6) is 0.890. The second kappa shape index (κ2) is 7.13. The van der Waals surface area contributed by atoms with Gasteiger partial charge in [0.25, 0.3) is 0 Å². The zero-order valence-electron chi connectivity index (χ0n) is 10.5. The Morgan fingerprint density at radius 3 is 3.11 bits per heavy atom. The third-order valence-corrected chi connectivity index (χ3v) is 3.27. The minimum Gasteiger partial charge on any atom is -0.382 e. The van der Waals surface area contributed by atoms with Gasteiger partial charge in [-0.2, -0.15) is 0 Å². The van der Waals surface area contributed by atoms with Gasteiger partial charge < -0.3 is 14.6 Å². The van der Waals surface area contributed by atoms with Gasteiger partial charge in [-0.3, -0.25) is 0 Å². The first kappa shape index (κ1) is 13.0. The Bertz CT molecular complexity index is 441. The molecule has 0 spiro atoms. The summed E-state index contributed by atoms with van der Waals surface area (Å²) in [6.45, 7) is 5.22. The summed E-state index contributed by atoms with van der Waals surface area (Å²) in [7, 11) is 0. The van der Waals surface area contributed by atoms with Gasteiger partial charge >= 0.3 is 0 Å². The highest BCUT2D eigenvalue weighted by Crippen LogP contribution is 2.09. The van der Waals surface area contributed by atoms with Crippen molar-refractivity contribution in [2.24, 2.45) is 0 Å². The molecule has 0 atom stereocenters. The number of anilines is 1. The standard InChI is InChI=1S/C12H18N4OS/c1-2-17-8-3-6-16-7-4-14-12(16)15-10-11-13-5-9-18-11/h4-5,7,9H,2-3,6,8,10H2,1H3,(H,14,15). The van der Waals surface area contributed by atoms with E-state index in [1.165, 1.54) is 0 Å². The molecule has 6 heteroatoms. The monoisotopic (exact) mass is 266 g/mol. The Hall–Kier alpha value is -1.40. The van der Waals surface area contributed by atoms with Crippen molar-refractivity contribution in [3.8, 4) is 0 Å².